The zero-order chi connectivity index (χ0) is 20.2. The number of methoxy groups -OCH3 is 1. The number of anilines is 1. The van der Waals surface area contributed by atoms with Gasteiger partial charge in [0.25, 0.3) is 0 Å². The Kier molecular flexibility index (Phi) is 9.48. The van der Waals surface area contributed by atoms with Gasteiger partial charge >= 0.3 is 0 Å². The van der Waals surface area contributed by atoms with E-state index in [1.165, 1.54) is 36.7 Å². The Morgan fingerprint density at radius 3 is 2.75 bits per heavy atom. The van der Waals surface area contributed by atoms with Crippen LogP contribution in [0.4, 0.5) is 5.13 Å². The summed E-state index contributed by atoms with van der Waals surface area (Å²) in [5.41, 5.74) is 0.856. The molecule has 0 saturated carbocycles. The lowest BCUT2D eigenvalue weighted by atomic mass is 10.2. The van der Waals surface area contributed by atoms with Crippen molar-refractivity contribution in [1.29, 1.82) is 0 Å². The predicted molar refractivity (Wildman–Crippen MR) is 114 cm³/mol. The summed E-state index contributed by atoms with van der Waals surface area (Å²) in [5, 5.41) is 12.2. The van der Waals surface area contributed by atoms with Gasteiger partial charge in [0.1, 0.15) is 5.01 Å². The highest BCUT2D eigenvalue weighted by atomic mass is 32.1. The zero-order valence-electron chi connectivity index (χ0n) is 16.9. The van der Waals surface area contributed by atoms with Gasteiger partial charge in [-0.25, -0.2) is 0 Å². The summed E-state index contributed by atoms with van der Waals surface area (Å²) < 4.78 is 11.2. The SMILES string of the molecule is CCCCCCOc1ccc(C=CC(=O)Nc2nnc(CCC)s2)cc1OC. The Morgan fingerprint density at radius 2 is 2.00 bits per heavy atom. The van der Waals surface area contributed by atoms with Crippen molar-refractivity contribution >= 4 is 28.5 Å². The number of ether oxygens (including phenoxy) is 2. The minimum Gasteiger partial charge on any atom is -0.493 e. The van der Waals surface area contributed by atoms with Crippen molar-refractivity contribution < 1.29 is 14.3 Å². The van der Waals surface area contributed by atoms with E-state index < -0.39 is 0 Å². The Hall–Kier alpha value is -2.41. The van der Waals surface area contributed by atoms with Crippen molar-refractivity contribution in [2.24, 2.45) is 0 Å². The van der Waals surface area contributed by atoms with Gasteiger partial charge in [-0.2, -0.15) is 0 Å². The number of aromatic nitrogens is 2. The minimum atomic E-state index is -0.241. The number of unbranched alkanes of at least 4 members (excludes halogenated alkanes) is 3. The Balaban J connectivity index is 1.90. The van der Waals surface area contributed by atoms with Crippen LogP contribution in [0.1, 0.15) is 56.5 Å². The number of carbonyl (C=O) groups is 1. The third-order valence-electron chi connectivity index (χ3n) is 4.03. The monoisotopic (exact) mass is 403 g/mol. The largest absolute Gasteiger partial charge is 0.493 e. The van der Waals surface area contributed by atoms with Crippen LogP contribution < -0.4 is 14.8 Å². The molecule has 1 amide bonds. The summed E-state index contributed by atoms with van der Waals surface area (Å²) in [6, 6.07) is 5.63. The molecule has 0 saturated heterocycles. The van der Waals surface area contributed by atoms with Crippen LogP contribution in [-0.4, -0.2) is 29.8 Å². The molecule has 0 radical (unpaired) electrons. The van der Waals surface area contributed by atoms with E-state index in [1.807, 2.05) is 18.2 Å². The van der Waals surface area contributed by atoms with Crippen LogP contribution in [0.5, 0.6) is 11.5 Å². The van der Waals surface area contributed by atoms with Crippen LogP contribution in [-0.2, 0) is 11.2 Å². The van der Waals surface area contributed by atoms with Crippen molar-refractivity contribution in [2.75, 3.05) is 19.0 Å². The third kappa shape index (κ3) is 7.31. The summed E-state index contributed by atoms with van der Waals surface area (Å²) in [4.78, 5) is 12.1. The van der Waals surface area contributed by atoms with Crippen molar-refractivity contribution in [3.05, 3.63) is 34.8 Å². The number of aryl methyl sites for hydroxylation is 1. The minimum absolute atomic E-state index is 0.241. The fourth-order valence-electron chi connectivity index (χ4n) is 2.56. The van der Waals surface area contributed by atoms with Gasteiger partial charge in [0, 0.05) is 12.5 Å². The Morgan fingerprint density at radius 1 is 1.14 bits per heavy atom. The summed E-state index contributed by atoms with van der Waals surface area (Å²) in [6.07, 6.45) is 9.71. The van der Waals surface area contributed by atoms with Gasteiger partial charge < -0.3 is 9.47 Å². The summed E-state index contributed by atoms with van der Waals surface area (Å²) in [6.45, 7) is 4.95. The maximum absolute atomic E-state index is 12.1. The molecule has 2 rings (SSSR count). The first-order valence-electron chi connectivity index (χ1n) is 9.78. The molecule has 1 heterocycles. The van der Waals surface area contributed by atoms with Gasteiger partial charge in [-0.3, -0.25) is 10.1 Å². The fraction of sp³-hybridized carbons (Fsp3) is 0.476. The van der Waals surface area contributed by atoms with E-state index in [0.717, 1.165) is 35.6 Å². The molecule has 0 bridgehead atoms. The van der Waals surface area contributed by atoms with Gasteiger partial charge in [-0.1, -0.05) is 50.5 Å². The summed E-state index contributed by atoms with van der Waals surface area (Å²) in [5.74, 6) is 1.14. The molecule has 0 aliphatic carbocycles. The van der Waals surface area contributed by atoms with Crippen LogP contribution in [0.2, 0.25) is 0 Å². The first-order chi connectivity index (χ1) is 13.7. The second-order valence-electron chi connectivity index (χ2n) is 6.39. The normalized spacial score (nSPS) is 11.0. The van der Waals surface area contributed by atoms with Crippen molar-refractivity contribution in [3.8, 4) is 11.5 Å². The van der Waals surface area contributed by atoms with E-state index in [1.54, 1.807) is 13.2 Å². The van der Waals surface area contributed by atoms with Crippen LogP contribution in [0, 0.1) is 0 Å². The number of carbonyl (C=O) groups excluding carboxylic acids is 1. The number of rotatable bonds is 12. The van der Waals surface area contributed by atoms with Crippen molar-refractivity contribution in [3.63, 3.8) is 0 Å². The van der Waals surface area contributed by atoms with E-state index >= 15 is 0 Å². The molecule has 7 heteroatoms. The first kappa shape index (κ1) is 21.9. The Bertz CT molecular complexity index is 774. The van der Waals surface area contributed by atoms with Crippen molar-refractivity contribution in [1.82, 2.24) is 10.2 Å². The third-order valence-corrected chi connectivity index (χ3v) is 4.93. The molecule has 0 spiro atoms. The van der Waals surface area contributed by atoms with E-state index in [-0.39, 0.29) is 5.91 Å². The number of amides is 1. The number of hydrogen-bond acceptors (Lipinski definition) is 6. The topological polar surface area (TPSA) is 73.3 Å². The van der Waals surface area contributed by atoms with Gasteiger partial charge in [0.05, 0.1) is 13.7 Å². The average molecular weight is 404 g/mol. The highest BCUT2D eigenvalue weighted by Gasteiger charge is 2.07. The fourth-order valence-corrected chi connectivity index (χ4v) is 3.40. The van der Waals surface area contributed by atoms with E-state index in [2.05, 4.69) is 29.4 Å². The van der Waals surface area contributed by atoms with Crippen LogP contribution in [0.15, 0.2) is 24.3 Å². The van der Waals surface area contributed by atoms with E-state index in [0.29, 0.717) is 17.5 Å². The van der Waals surface area contributed by atoms with Crippen LogP contribution >= 0.6 is 11.3 Å². The molecule has 0 atom stereocenters. The maximum Gasteiger partial charge on any atom is 0.250 e. The number of hydrogen-bond donors (Lipinski definition) is 1. The molecule has 0 fully saturated rings. The van der Waals surface area contributed by atoms with E-state index in [4.69, 9.17) is 9.47 Å². The molecule has 1 N–H and O–H groups in total. The maximum atomic E-state index is 12.1. The molecule has 6 nitrogen and oxygen atoms in total. The second-order valence-corrected chi connectivity index (χ2v) is 7.46. The van der Waals surface area contributed by atoms with E-state index in [9.17, 15) is 4.79 Å². The van der Waals surface area contributed by atoms with Gasteiger partial charge in [0.15, 0.2) is 11.5 Å². The lowest BCUT2D eigenvalue weighted by molar-refractivity contribution is -0.111. The molecule has 152 valence electrons. The Labute approximate surface area is 171 Å². The highest BCUT2D eigenvalue weighted by Crippen LogP contribution is 2.29. The number of benzene rings is 1. The smallest absolute Gasteiger partial charge is 0.250 e. The molecular weight excluding hydrogens is 374 g/mol. The molecule has 1 aromatic heterocycles. The molecule has 2 aromatic rings. The average Bonchev–Trinajstić information content (AvgIpc) is 3.13. The molecule has 1 aromatic carbocycles. The van der Waals surface area contributed by atoms with Crippen LogP contribution in [0.3, 0.4) is 0 Å². The van der Waals surface area contributed by atoms with Crippen LogP contribution in [0.25, 0.3) is 6.08 Å². The molecule has 28 heavy (non-hydrogen) atoms. The molecule has 0 aliphatic rings. The molecule has 0 aliphatic heterocycles. The predicted octanol–water partition coefficient (Wildman–Crippen LogP) is 5.11. The lowest BCUT2D eigenvalue weighted by Crippen LogP contribution is -2.07. The zero-order valence-corrected chi connectivity index (χ0v) is 17.7. The summed E-state index contributed by atoms with van der Waals surface area (Å²) in [7, 11) is 1.61. The summed E-state index contributed by atoms with van der Waals surface area (Å²) >= 11 is 1.40. The molecular formula is C21H29N3O3S. The number of nitrogens with zero attached hydrogens (tertiary/aromatic N) is 2. The quantitative estimate of drug-likeness (QED) is 0.394. The number of nitrogens with one attached hydrogen (secondary N) is 1. The standard InChI is InChI=1S/C21H29N3O3S/c1-4-6-7-8-14-27-17-12-10-16(15-18(17)26-3)11-13-19(25)22-21-24-23-20(28-21)9-5-2/h10-13,15H,4-9,14H2,1-3H3,(H,22,24,25). The lowest BCUT2D eigenvalue weighted by Gasteiger charge is -2.11. The van der Waals surface area contributed by atoms with Gasteiger partial charge in [-0.15, -0.1) is 10.2 Å². The second kappa shape index (κ2) is 12.1. The van der Waals surface area contributed by atoms with Gasteiger partial charge in [0.2, 0.25) is 11.0 Å². The van der Waals surface area contributed by atoms with Crippen molar-refractivity contribution in [2.45, 2.75) is 52.4 Å². The highest BCUT2D eigenvalue weighted by molar-refractivity contribution is 7.15. The molecule has 0 unspecified atom stereocenters. The first-order valence-corrected chi connectivity index (χ1v) is 10.6. The van der Waals surface area contributed by atoms with Gasteiger partial charge in [-0.05, 0) is 36.6 Å².